The molecule has 0 fully saturated rings. The second kappa shape index (κ2) is 8.12. The van der Waals surface area contributed by atoms with Crippen LogP contribution in [0.15, 0.2) is 84.9 Å². The van der Waals surface area contributed by atoms with Gasteiger partial charge in [-0.3, -0.25) is 10.0 Å². The lowest BCUT2D eigenvalue weighted by Crippen LogP contribution is -2.14. The maximum atomic E-state index is 11.3. The number of hydroxylamine groups is 1. The summed E-state index contributed by atoms with van der Waals surface area (Å²) in [5.41, 5.74) is 6.54. The summed E-state index contributed by atoms with van der Waals surface area (Å²) < 4.78 is 2.24. The van der Waals surface area contributed by atoms with Crippen LogP contribution in [0, 0.1) is 0 Å². The van der Waals surface area contributed by atoms with Gasteiger partial charge in [-0.1, -0.05) is 66.7 Å². The Hall–Kier alpha value is -3.70. The van der Waals surface area contributed by atoms with E-state index in [9.17, 15) is 4.79 Å². The first-order valence-corrected chi connectivity index (χ1v) is 9.42. The smallest absolute Gasteiger partial charge is 0.267 e. The summed E-state index contributed by atoms with van der Waals surface area (Å²) in [7, 11) is 0. The number of carbonyl (C=O) groups excluding carboxylic acids is 1. The molecule has 144 valence electrons. The Morgan fingerprint density at radius 3 is 2.41 bits per heavy atom. The number of benzene rings is 3. The topological polar surface area (TPSA) is 67.2 Å². The molecule has 1 heterocycles. The van der Waals surface area contributed by atoms with Crippen molar-refractivity contribution in [2.75, 3.05) is 0 Å². The minimum absolute atomic E-state index is 0.0953. The lowest BCUT2D eigenvalue weighted by molar-refractivity contribution is -0.124. The summed E-state index contributed by atoms with van der Waals surface area (Å²) in [6, 6.07) is 26.5. The Bertz CT molecular complexity index is 1160. The van der Waals surface area contributed by atoms with E-state index < -0.39 is 5.91 Å². The first-order valence-electron chi connectivity index (χ1n) is 9.42. The standard InChI is InChI=1S/C24H21N3O2/c1-17(19-8-4-2-5-9-19)27-22-14-12-18(13-15-23(28)26-29)16-21(22)25-24(27)20-10-6-3-7-11-20/h2-17,29H,1H3,(H,26,28)/b15-13+/t17-/m1/s1. The van der Waals surface area contributed by atoms with Crippen molar-refractivity contribution < 1.29 is 10.0 Å². The zero-order valence-electron chi connectivity index (χ0n) is 16.0. The Morgan fingerprint density at radius 1 is 1.03 bits per heavy atom. The van der Waals surface area contributed by atoms with E-state index in [1.54, 1.807) is 11.6 Å². The van der Waals surface area contributed by atoms with Crippen LogP contribution in [0.2, 0.25) is 0 Å². The highest BCUT2D eigenvalue weighted by molar-refractivity contribution is 5.92. The van der Waals surface area contributed by atoms with Gasteiger partial charge in [0.15, 0.2) is 0 Å². The zero-order valence-corrected chi connectivity index (χ0v) is 16.0. The van der Waals surface area contributed by atoms with Crippen LogP contribution in [-0.2, 0) is 4.79 Å². The first kappa shape index (κ1) is 18.7. The molecule has 5 heteroatoms. The molecule has 0 aliphatic heterocycles. The molecule has 0 spiro atoms. The molecule has 0 unspecified atom stereocenters. The molecule has 0 aliphatic rings. The number of imidazole rings is 1. The molecular weight excluding hydrogens is 362 g/mol. The Morgan fingerprint density at radius 2 is 1.72 bits per heavy atom. The van der Waals surface area contributed by atoms with Gasteiger partial charge in [0, 0.05) is 11.6 Å². The molecule has 5 nitrogen and oxygen atoms in total. The largest absolute Gasteiger partial charge is 0.317 e. The summed E-state index contributed by atoms with van der Waals surface area (Å²) >= 11 is 0. The van der Waals surface area contributed by atoms with Crippen molar-refractivity contribution in [2.45, 2.75) is 13.0 Å². The van der Waals surface area contributed by atoms with Gasteiger partial charge in [0.05, 0.1) is 17.1 Å². The maximum Gasteiger partial charge on any atom is 0.267 e. The molecule has 2 N–H and O–H groups in total. The molecule has 0 bridgehead atoms. The van der Waals surface area contributed by atoms with Crippen LogP contribution >= 0.6 is 0 Å². The quantitative estimate of drug-likeness (QED) is 0.295. The van der Waals surface area contributed by atoms with Gasteiger partial charge in [-0.25, -0.2) is 10.5 Å². The number of rotatable bonds is 5. The Balaban J connectivity index is 1.87. The van der Waals surface area contributed by atoms with E-state index in [-0.39, 0.29) is 6.04 Å². The summed E-state index contributed by atoms with van der Waals surface area (Å²) in [6.45, 7) is 2.17. The van der Waals surface area contributed by atoms with E-state index in [4.69, 9.17) is 10.2 Å². The van der Waals surface area contributed by atoms with Gasteiger partial charge in [-0.2, -0.15) is 0 Å². The zero-order chi connectivity index (χ0) is 20.2. The van der Waals surface area contributed by atoms with Gasteiger partial charge >= 0.3 is 0 Å². The number of hydrogen-bond acceptors (Lipinski definition) is 3. The molecule has 4 aromatic rings. The highest BCUT2D eigenvalue weighted by Gasteiger charge is 2.18. The highest BCUT2D eigenvalue weighted by Crippen LogP contribution is 2.32. The van der Waals surface area contributed by atoms with Gasteiger partial charge in [-0.15, -0.1) is 0 Å². The number of amides is 1. The second-order valence-electron chi connectivity index (χ2n) is 6.82. The van der Waals surface area contributed by atoms with Crippen LogP contribution in [0.4, 0.5) is 0 Å². The van der Waals surface area contributed by atoms with Crippen molar-refractivity contribution in [2.24, 2.45) is 0 Å². The normalized spacial score (nSPS) is 12.3. The van der Waals surface area contributed by atoms with Gasteiger partial charge in [0.25, 0.3) is 5.91 Å². The molecule has 0 saturated carbocycles. The predicted octanol–water partition coefficient (Wildman–Crippen LogP) is 4.83. The molecule has 29 heavy (non-hydrogen) atoms. The second-order valence-corrected chi connectivity index (χ2v) is 6.82. The molecule has 0 aliphatic carbocycles. The molecule has 3 aromatic carbocycles. The lowest BCUT2D eigenvalue weighted by atomic mass is 10.1. The number of hydrogen-bond donors (Lipinski definition) is 2. The molecule has 1 aromatic heterocycles. The number of aromatic nitrogens is 2. The van der Waals surface area contributed by atoms with Crippen molar-refractivity contribution in [3.8, 4) is 11.4 Å². The average Bonchev–Trinajstić information content (AvgIpc) is 3.16. The van der Waals surface area contributed by atoms with Crippen LogP contribution in [0.25, 0.3) is 28.5 Å². The van der Waals surface area contributed by atoms with Crippen molar-refractivity contribution in [3.63, 3.8) is 0 Å². The maximum absolute atomic E-state index is 11.3. The number of nitrogens with zero attached hydrogens (tertiary/aromatic N) is 2. The Kier molecular flexibility index (Phi) is 5.22. The van der Waals surface area contributed by atoms with Crippen LogP contribution < -0.4 is 5.48 Å². The van der Waals surface area contributed by atoms with Gasteiger partial charge < -0.3 is 4.57 Å². The molecule has 1 atom stereocenters. The third-order valence-electron chi connectivity index (χ3n) is 4.95. The summed E-state index contributed by atoms with van der Waals surface area (Å²) in [6.07, 6.45) is 2.93. The fourth-order valence-electron chi connectivity index (χ4n) is 3.49. The fourth-order valence-corrected chi connectivity index (χ4v) is 3.49. The predicted molar refractivity (Wildman–Crippen MR) is 114 cm³/mol. The SMILES string of the molecule is C[C@H](c1ccccc1)n1c(-c2ccccc2)nc2cc(/C=C/C(=O)NO)ccc21. The van der Waals surface area contributed by atoms with Gasteiger partial charge in [0.2, 0.25) is 0 Å². The van der Waals surface area contributed by atoms with Crippen molar-refractivity contribution >= 4 is 23.0 Å². The third kappa shape index (κ3) is 3.81. The molecule has 4 rings (SSSR count). The van der Waals surface area contributed by atoms with E-state index in [0.29, 0.717) is 0 Å². The number of nitrogens with one attached hydrogen (secondary N) is 1. The van der Waals surface area contributed by atoms with E-state index >= 15 is 0 Å². The van der Waals surface area contributed by atoms with Crippen LogP contribution in [0.5, 0.6) is 0 Å². The minimum Gasteiger partial charge on any atom is -0.317 e. The van der Waals surface area contributed by atoms with Crippen molar-refractivity contribution in [1.82, 2.24) is 15.0 Å². The van der Waals surface area contributed by atoms with E-state index in [1.807, 2.05) is 54.6 Å². The molecular formula is C24H21N3O2. The molecule has 1 amide bonds. The number of carbonyl (C=O) groups is 1. The third-order valence-corrected chi connectivity index (χ3v) is 4.95. The minimum atomic E-state index is -0.571. The lowest BCUT2D eigenvalue weighted by Gasteiger charge is -2.18. The molecule has 0 saturated heterocycles. The van der Waals surface area contributed by atoms with Crippen LogP contribution in [0.3, 0.4) is 0 Å². The summed E-state index contributed by atoms with van der Waals surface area (Å²) in [5, 5.41) is 8.65. The van der Waals surface area contributed by atoms with E-state index in [0.717, 1.165) is 28.0 Å². The van der Waals surface area contributed by atoms with Crippen LogP contribution in [-0.4, -0.2) is 20.7 Å². The monoisotopic (exact) mass is 383 g/mol. The van der Waals surface area contributed by atoms with Crippen LogP contribution in [0.1, 0.15) is 24.1 Å². The van der Waals surface area contributed by atoms with Crippen molar-refractivity contribution in [3.05, 3.63) is 96.1 Å². The van der Waals surface area contributed by atoms with Crippen molar-refractivity contribution in [1.29, 1.82) is 0 Å². The van der Waals surface area contributed by atoms with Gasteiger partial charge in [-0.05, 0) is 36.3 Å². The van der Waals surface area contributed by atoms with E-state index in [2.05, 4.69) is 35.8 Å². The summed E-state index contributed by atoms with van der Waals surface area (Å²) in [5.74, 6) is 0.324. The number of fused-ring (bicyclic) bond motifs is 1. The molecule has 0 radical (unpaired) electrons. The highest BCUT2D eigenvalue weighted by atomic mass is 16.5. The Labute approximate surface area is 168 Å². The fraction of sp³-hybridized carbons (Fsp3) is 0.0833. The summed E-state index contributed by atoms with van der Waals surface area (Å²) in [4.78, 5) is 16.2. The van der Waals surface area contributed by atoms with Gasteiger partial charge in [0.1, 0.15) is 5.82 Å². The first-order chi connectivity index (χ1) is 14.2. The average molecular weight is 383 g/mol. The van der Waals surface area contributed by atoms with E-state index in [1.165, 1.54) is 11.6 Å².